The molecule has 7 nitrogen and oxygen atoms in total. The molecule has 7 heteroatoms. The Morgan fingerprint density at radius 3 is 2.65 bits per heavy atom. The highest BCUT2D eigenvalue weighted by Crippen LogP contribution is 2.32. The molecule has 1 aliphatic rings. The van der Waals surface area contributed by atoms with E-state index in [9.17, 15) is 9.59 Å². The number of carbonyl (C=O) groups is 2. The first-order valence-corrected chi connectivity index (χ1v) is 6.47. The summed E-state index contributed by atoms with van der Waals surface area (Å²) >= 11 is 0. The average Bonchev–Trinajstić information content (AvgIpc) is 2.36. The standard InChI is InChI=1S/C13H17N3O4/c1-2-20-10-5-4-9(8-14-10)15-12(19)16-13(11(17)18)6-3-7-13/h4-5,8H,2-3,6-7H2,1H3,(H,17,18)(H2,15,16,19). The van der Waals surface area contributed by atoms with Crippen LogP contribution in [0.3, 0.4) is 0 Å². The van der Waals surface area contributed by atoms with E-state index in [0.29, 0.717) is 31.0 Å². The van der Waals surface area contributed by atoms with E-state index < -0.39 is 17.5 Å². The number of hydrogen-bond donors (Lipinski definition) is 3. The van der Waals surface area contributed by atoms with Gasteiger partial charge in [0, 0.05) is 6.07 Å². The molecule has 0 spiro atoms. The molecule has 0 aliphatic heterocycles. The Balaban J connectivity index is 1.92. The van der Waals surface area contributed by atoms with Crippen LogP contribution in [0.15, 0.2) is 18.3 Å². The van der Waals surface area contributed by atoms with Crippen LogP contribution >= 0.6 is 0 Å². The third-order valence-electron chi connectivity index (χ3n) is 3.26. The van der Waals surface area contributed by atoms with Crippen molar-refractivity contribution < 1.29 is 19.4 Å². The Kier molecular flexibility index (Phi) is 4.07. The Morgan fingerprint density at radius 2 is 2.20 bits per heavy atom. The molecule has 0 bridgehead atoms. The summed E-state index contributed by atoms with van der Waals surface area (Å²) < 4.78 is 5.19. The van der Waals surface area contributed by atoms with E-state index in [2.05, 4.69) is 15.6 Å². The smallest absolute Gasteiger partial charge is 0.329 e. The lowest BCUT2D eigenvalue weighted by molar-refractivity contribution is -0.148. The van der Waals surface area contributed by atoms with Crippen LogP contribution in [0.5, 0.6) is 5.88 Å². The van der Waals surface area contributed by atoms with Crippen LogP contribution in [0, 0.1) is 0 Å². The summed E-state index contributed by atoms with van der Waals surface area (Å²) in [5.41, 5.74) is -0.645. The van der Waals surface area contributed by atoms with Crippen molar-refractivity contribution in [1.29, 1.82) is 0 Å². The lowest BCUT2D eigenvalue weighted by Crippen LogP contribution is -2.60. The first-order chi connectivity index (χ1) is 9.55. The second kappa shape index (κ2) is 5.77. The minimum atomic E-state index is -1.12. The molecule has 2 rings (SSSR count). The Hall–Kier alpha value is -2.31. The molecule has 0 saturated heterocycles. The van der Waals surface area contributed by atoms with Gasteiger partial charge in [-0.2, -0.15) is 0 Å². The molecule has 1 aromatic rings. The molecule has 108 valence electrons. The zero-order valence-electron chi connectivity index (χ0n) is 11.2. The third kappa shape index (κ3) is 2.98. The predicted molar refractivity (Wildman–Crippen MR) is 71.8 cm³/mol. The highest BCUT2D eigenvalue weighted by molar-refractivity contribution is 5.94. The molecule has 0 unspecified atom stereocenters. The molecule has 0 aromatic carbocycles. The fourth-order valence-electron chi connectivity index (χ4n) is 1.99. The molecule has 2 amide bonds. The van der Waals surface area contributed by atoms with Gasteiger partial charge in [0.1, 0.15) is 5.54 Å². The number of carboxylic acid groups (broad SMARTS) is 1. The first-order valence-electron chi connectivity index (χ1n) is 6.47. The van der Waals surface area contributed by atoms with E-state index in [-0.39, 0.29) is 0 Å². The zero-order chi connectivity index (χ0) is 14.6. The zero-order valence-corrected chi connectivity index (χ0v) is 11.2. The van der Waals surface area contributed by atoms with Crippen molar-refractivity contribution in [3.63, 3.8) is 0 Å². The molecule has 1 fully saturated rings. The Bertz CT molecular complexity index is 497. The number of ether oxygens (including phenoxy) is 1. The summed E-state index contributed by atoms with van der Waals surface area (Å²) in [6.45, 7) is 2.37. The van der Waals surface area contributed by atoms with E-state index in [1.54, 1.807) is 12.1 Å². The van der Waals surface area contributed by atoms with Crippen molar-refractivity contribution in [1.82, 2.24) is 10.3 Å². The van der Waals surface area contributed by atoms with Gasteiger partial charge in [0.15, 0.2) is 0 Å². The fourth-order valence-corrected chi connectivity index (χ4v) is 1.99. The second-order valence-corrected chi connectivity index (χ2v) is 4.64. The van der Waals surface area contributed by atoms with Gasteiger partial charge in [-0.15, -0.1) is 0 Å². The van der Waals surface area contributed by atoms with Gasteiger partial charge in [-0.05, 0) is 32.3 Å². The lowest BCUT2D eigenvalue weighted by atomic mass is 9.77. The number of amides is 2. The van der Waals surface area contributed by atoms with Gasteiger partial charge in [0.25, 0.3) is 0 Å². The Labute approximate surface area is 116 Å². The normalized spacial score (nSPS) is 15.8. The lowest BCUT2D eigenvalue weighted by Gasteiger charge is -2.38. The number of aromatic nitrogens is 1. The molecular formula is C13H17N3O4. The van der Waals surface area contributed by atoms with Crippen LogP contribution < -0.4 is 15.4 Å². The average molecular weight is 279 g/mol. The van der Waals surface area contributed by atoms with Gasteiger partial charge >= 0.3 is 12.0 Å². The van der Waals surface area contributed by atoms with Crippen molar-refractivity contribution in [3.05, 3.63) is 18.3 Å². The number of pyridine rings is 1. The number of nitrogens with one attached hydrogen (secondary N) is 2. The minimum absolute atomic E-state index is 0.456. The highest BCUT2D eigenvalue weighted by atomic mass is 16.5. The van der Waals surface area contributed by atoms with Gasteiger partial charge in [0.2, 0.25) is 5.88 Å². The minimum Gasteiger partial charge on any atom is -0.480 e. The third-order valence-corrected chi connectivity index (χ3v) is 3.26. The van der Waals surface area contributed by atoms with Crippen molar-refractivity contribution in [2.75, 3.05) is 11.9 Å². The summed E-state index contributed by atoms with van der Waals surface area (Å²) in [5.74, 6) is -0.525. The summed E-state index contributed by atoms with van der Waals surface area (Å²) in [5, 5.41) is 14.2. The van der Waals surface area contributed by atoms with Crippen molar-refractivity contribution in [2.45, 2.75) is 31.7 Å². The summed E-state index contributed by atoms with van der Waals surface area (Å²) in [7, 11) is 0. The van der Waals surface area contributed by atoms with Gasteiger partial charge in [0.05, 0.1) is 18.5 Å². The van der Waals surface area contributed by atoms with Crippen LogP contribution in [0.1, 0.15) is 26.2 Å². The van der Waals surface area contributed by atoms with E-state index in [4.69, 9.17) is 9.84 Å². The molecule has 0 radical (unpaired) electrons. The number of anilines is 1. The van der Waals surface area contributed by atoms with Crippen molar-refractivity contribution >= 4 is 17.7 Å². The number of carboxylic acids is 1. The molecular weight excluding hydrogens is 262 g/mol. The maximum absolute atomic E-state index is 11.8. The highest BCUT2D eigenvalue weighted by Gasteiger charge is 2.45. The molecule has 3 N–H and O–H groups in total. The molecule has 1 saturated carbocycles. The maximum atomic E-state index is 11.8. The molecule has 1 aliphatic carbocycles. The van der Waals surface area contributed by atoms with Gasteiger partial charge in [-0.1, -0.05) is 0 Å². The summed E-state index contributed by atoms with van der Waals surface area (Å²) in [4.78, 5) is 26.9. The number of nitrogens with zero attached hydrogens (tertiary/aromatic N) is 1. The van der Waals surface area contributed by atoms with Crippen molar-refractivity contribution in [3.8, 4) is 5.88 Å². The number of hydrogen-bond acceptors (Lipinski definition) is 4. The number of aliphatic carboxylic acids is 1. The van der Waals surface area contributed by atoms with Gasteiger partial charge < -0.3 is 20.5 Å². The Morgan fingerprint density at radius 1 is 1.45 bits per heavy atom. The number of urea groups is 1. The largest absolute Gasteiger partial charge is 0.480 e. The van der Waals surface area contributed by atoms with Crippen LogP contribution in [0.25, 0.3) is 0 Å². The van der Waals surface area contributed by atoms with Crippen LogP contribution in [0.2, 0.25) is 0 Å². The number of rotatable bonds is 5. The van der Waals surface area contributed by atoms with Gasteiger partial charge in [-0.3, -0.25) is 0 Å². The first kappa shape index (κ1) is 14.1. The summed E-state index contributed by atoms with van der Waals surface area (Å²) in [6.07, 6.45) is 3.17. The van der Waals surface area contributed by atoms with Crippen LogP contribution in [-0.2, 0) is 4.79 Å². The maximum Gasteiger partial charge on any atom is 0.329 e. The molecule has 1 heterocycles. The molecule has 20 heavy (non-hydrogen) atoms. The van der Waals surface area contributed by atoms with E-state index in [1.165, 1.54) is 6.20 Å². The predicted octanol–water partition coefficient (Wildman–Crippen LogP) is 1.61. The van der Waals surface area contributed by atoms with Crippen molar-refractivity contribution in [2.24, 2.45) is 0 Å². The van der Waals surface area contributed by atoms with E-state index >= 15 is 0 Å². The quantitative estimate of drug-likeness (QED) is 0.760. The molecule has 1 aromatic heterocycles. The SMILES string of the molecule is CCOc1ccc(NC(=O)NC2(C(=O)O)CCC2)cn1. The fraction of sp³-hybridized carbons (Fsp3) is 0.462. The topological polar surface area (TPSA) is 101 Å². The summed E-state index contributed by atoms with van der Waals surface area (Å²) in [6, 6.07) is 2.74. The van der Waals surface area contributed by atoms with E-state index in [0.717, 1.165) is 6.42 Å². The monoisotopic (exact) mass is 279 g/mol. The second-order valence-electron chi connectivity index (χ2n) is 4.64. The van der Waals surface area contributed by atoms with Crippen LogP contribution in [-0.4, -0.2) is 34.2 Å². The van der Waals surface area contributed by atoms with E-state index in [1.807, 2.05) is 6.92 Å². The van der Waals surface area contributed by atoms with Gasteiger partial charge in [-0.25, -0.2) is 14.6 Å². The number of carbonyl (C=O) groups excluding carboxylic acids is 1. The van der Waals surface area contributed by atoms with Crippen LogP contribution in [0.4, 0.5) is 10.5 Å². The molecule has 0 atom stereocenters.